The summed E-state index contributed by atoms with van der Waals surface area (Å²) in [5, 5.41) is 19.1. The van der Waals surface area contributed by atoms with Crippen LogP contribution in [0.5, 0.6) is 0 Å². The average molecular weight is 261 g/mol. The van der Waals surface area contributed by atoms with Crippen LogP contribution in [0, 0.1) is 5.92 Å². The molecule has 1 atom stereocenters. The number of H-pyrrole nitrogens is 1. The van der Waals surface area contributed by atoms with Crippen LogP contribution in [-0.4, -0.2) is 33.7 Å². The van der Waals surface area contributed by atoms with Gasteiger partial charge in [-0.2, -0.15) is 5.10 Å². The molecule has 6 heteroatoms. The second-order valence-electron chi connectivity index (χ2n) is 4.33. The van der Waals surface area contributed by atoms with Gasteiger partial charge in [0.25, 0.3) is 5.91 Å². The molecule has 0 bridgehead atoms. The molecule has 1 amide bonds. The van der Waals surface area contributed by atoms with Crippen molar-refractivity contribution in [3.05, 3.63) is 30.0 Å². The van der Waals surface area contributed by atoms with Crippen molar-refractivity contribution in [3.63, 3.8) is 0 Å². The van der Waals surface area contributed by atoms with Gasteiger partial charge in [0.05, 0.1) is 17.6 Å². The first kappa shape index (κ1) is 13.1. The SMILES string of the molecule is CCC(CNC(=O)c1ccc2cn[nH]c2c1)C(=O)O. The predicted octanol–water partition coefficient (Wildman–Crippen LogP) is 1.40. The molecule has 0 aliphatic carbocycles. The van der Waals surface area contributed by atoms with Crippen LogP contribution >= 0.6 is 0 Å². The largest absolute Gasteiger partial charge is 0.481 e. The molecule has 1 aromatic carbocycles. The van der Waals surface area contributed by atoms with Crippen molar-refractivity contribution < 1.29 is 14.7 Å². The summed E-state index contributed by atoms with van der Waals surface area (Å²) in [5.41, 5.74) is 1.26. The summed E-state index contributed by atoms with van der Waals surface area (Å²) in [5.74, 6) is -1.73. The fourth-order valence-electron chi connectivity index (χ4n) is 1.80. The lowest BCUT2D eigenvalue weighted by molar-refractivity contribution is -0.141. The summed E-state index contributed by atoms with van der Waals surface area (Å²) >= 11 is 0. The number of carboxylic acids is 1. The van der Waals surface area contributed by atoms with Gasteiger partial charge < -0.3 is 10.4 Å². The lowest BCUT2D eigenvalue weighted by Crippen LogP contribution is -2.32. The Labute approximate surface area is 109 Å². The van der Waals surface area contributed by atoms with Crippen LogP contribution < -0.4 is 5.32 Å². The number of amides is 1. The van der Waals surface area contributed by atoms with E-state index in [1.807, 2.05) is 0 Å². The third kappa shape index (κ3) is 2.90. The highest BCUT2D eigenvalue weighted by Gasteiger charge is 2.16. The number of aromatic amines is 1. The molecule has 1 heterocycles. The number of carbonyl (C=O) groups excluding carboxylic acids is 1. The molecule has 19 heavy (non-hydrogen) atoms. The van der Waals surface area contributed by atoms with Crippen LogP contribution in [0.25, 0.3) is 10.9 Å². The van der Waals surface area contributed by atoms with E-state index < -0.39 is 11.9 Å². The third-order valence-electron chi connectivity index (χ3n) is 3.06. The fourth-order valence-corrected chi connectivity index (χ4v) is 1.80. The number of rotatable bonds is 5. The minimum Gasteiger partial charge on any atom is -0.481 e. The maximum Gasteiger partial charge on any atom is 0.308 e. The molecule has 1 aromatic heterocycles. The quantitative estimate of drug-likeness (QED) is 0.758. The first-order chi connectivity index (χ1) is 9.11. The van der Waals surface area contributed by atoms with Gasteiger partial charge in [0.2, 0.25) is 0 Å². The van der Waals surface area contributed by atoms with Crippen molar-refractivity contribution >= 4 is 22.8 Å². The zero-order valence-electron chi connectivity index (χ0n) is 10.5. The number of carboxylic acid groups (broad SMARTS) is 1. The summed E-state index contributed by atoms with van der Waals surface area (Å²) in [7, 11) is 0. The normalized spacial score (nSPS) is 12.3. The maximum absolute atomic E-state index is 11.9. The number of nitrogens with zero attached hydrogens (tertiary/aromatic N) is 1. The summed E-state index contributed by atoms with van der Waals surface area (Å²) in [4.78, 5) is 22.8. The van der Waals surface area contributed by atoms with Gasteiger partial charge in [-0.25, -0.2) is 0 Å². The Bertz CT molecular complexity index is 606. The topological polar surface area (TPSA) is 95.1 Å². The Morgan fingerprint density at radius 2 is 2.26 bits per heavy atom. The lowest BCUT2D eigenvalue weighted by Gasteiger charge is -2.11. The van der Waals surface area contributed by atoms with Crippen LogP contribution in [0.3, 0.4) is 0 Å². The van der Waals surface area contributed by atoms with Gasteiger partial charge >= 0.3 is 5.97 Å². The number of benzene rings is 1. The van der Waals surface area contributed by atoms with Crippen molar-refractivity contribution in [3.8, 4) is 0 Å². The molecule has 0 fully saturated rings. The summed E-state index contributed by atoms with van der Waals surface area (Å²) in [6.45, 7) is 1.91. The van der Waals surface area contributed by atoms with Gasteiger partial charge in [0.1, 0.15) is 0 Å². The Morgan fingerprint density at radius 1 is 1.47 bits per heavy atom. The number of carbonyl (C=O) groups is 2. The summed E-state index contributed by atoms with van der Waals surface area (Å²) in [6, 6.07) is 5.18. The lowest BCUT2D eigenvalue weighted by atomic mass is 10.1. The van der Waals surface area contributed by atoms with Gasteiger partial charge in [-0.3, -0.25) is 14.7 Å². The molecule has 0 aliphatic rings. The second kappa shape index (κ2) is 5.51. The van der Waals surface area contributed by atoms with E-state index in [1.54, 1.807) is 31.3 Å². The Morgan fingerprint density at radius 3 is 2.95 bits per heavy atom. The smallest absolute Gasteiger partial charge is 0.308 e. The Balaban J connectivity index is 2.05. The molecule has 0 aliphatic heterocycles. The highest BCUT2D eigenvalue weighted by atomic mass is 16.4. The van der Waals surface area contributed by atoms with E-state index in [9.17, 15) is 9.59 Å². The number of aromatic nitrogens is 2. The van der Waals surface area contributed by atoms with Gasteiger partial charge in [0, 0.05) is 17.5 Å². The molecule has 0 radical (unpaired) electrons. The first-order valence-electron chi connectivity index (χ1n) is 6.06. The van der Waals surface area contributed by atoms with E-state index in [4.69, 9.17) is 5.11 Å². The van der Waals surface area contributed by atoms with E-state index in [0.717, 1.165) is 10.9 Å². The minimum absolute atomic E-state index is 0.131. The molecule has 3 N–H and O–H groups in total. The highest BCUT2D eigenvalue weighted by molar-refractivity contribution is 5.97. The van der Waals surface area contributed by atoms with Gasteiger partial charge in [-0.15, -0.1) is 0 Å². The van der Waals surface area contributed by atoms with E-state index in [1.165, 1.54) is 0 Å². The molecular formula is C13H15N3O3. The van der Waals surface area contributed by atoms with E-state index in [-0.39, 0.29) is 12.5 Å². The zero-order chi connectivity index (χ0) is 13.8. The molecule has 0 spiro atoms. The van der Waals surface area contributed by atoms with Gasteiger partial charge in [-0.1, -0.05) is 13.0 Å². The second-order valence-corrected chi connectivity index (χ2v) is 4.33. The van der Waals surface area contributed by atoms with Crippen LogP contribution in [0.2, 0.25) is 0 Å². The molecule has 0 saturated carbocycles. The summed E-state index contributed by atoms with van der Waals surface area (Å²) in [6.07, 6.45) is 2.16. The van der Waals surface area contributed by atoms with Crippen molar-refractivity contribution in [2.24, 2.45) is 5.92 Å². The zero-order valence-corrected chi connectivity index (χ0v) is 10.5. The molecule has 0 saturated heterocycles. The van der Waals surface area contributed by atoms with Crippen molar-refractivity contribution in [1.82, 2.24) is 15.5 Å². The fraction of sp³-hybridized carbons (Fsp3) is 0.308. The predicted molar refractivity (Wildman–Crippen MR) is 69.8 cm³/mol. The summed E-state index contributed by atoms with van der Waals surface area (Å²) < 4.78 is 0. The molecule has 100 valence electrons. The van der Waals surface area contributed by atoms with Crippen LogP contribution in [0.4, 0.5) is 0 Å². The standard InChI is InChI=1S/C13H15N3O3/c1-2-8(13(18)19)6-14-12(17)9-3-4-10-7-15-16-11(10)5-9/h3-5,7-8H,2,6H2,1H3,(H,14,17)(H,15,16)(H,18,19). The van der Waals surface area contributed by atoms with Crippen molar-refractivity contribution in [1.29, 1.82) is 0 Å². The monoisotopic (exact) mass is 261 g/mol. The molecule has 2 rings (SSSR count). The molecule has 1 unspecified atom stereocenters. The highest BCUT2D eigenvalue weighted by Crippen LogP contribution is 2.12. The van der Waals surface area contributed by atoms with E-state index >= 15 is 0 Å². The van der Waals surface area contributed by atoms with Gasteiger partial charge in [-0.05, 0) is 18.6 Å². The van der Waals surface area contributed by atoms with Crippen LogP contribution in [0.1, 0.15) is 23.7 Å². The maximum atomic E-state index is 11.9. The Hall–Kier alpha value is -2.37. The Kier molecular flexibility index (Phi) is 3.79. The van der Waals surface area contributed by atoms with Gasteiger partial charge in [0.15, 0.2) is 0 Å². The molecule has 2 aromatic rings. The van der Waals surface area contributed by atoms with Crippen molar-refractivity contribution in [2.45, 2.75) is 13.3 Å². The number of fused-ring (bicyclic) bond motifs is 1. The number of hydrogen-bond donors (Lipinski definition) is 3. The average Bonchev–Trinajstić information content (AvgIpc) is 2.85. The van der Waals surface area contributed by atoms with Crippen LogP contribution in [0.15, 0.2) is 24.4 Å². The number of nitrogens with one attached hydrogen (secondary N) is 2. The van der Waals surface area contributed by atoms with E-state index in [2.05, 4.69) is 15.5 Å². The van der Waals surface area contributed by atoms with E-state index in [0.29, 0.717) is 12.0 Å². The minimum atomic E-state index is -0.896. The third-order valence-corrected chi connectivity index (χ3v) is 3.06. The number of hydrogen-bond acceptors (Lipinski definition) is 3. The van der Waals surface area contributed by atoms with Crippen molar-refractivity contribution in [2.75, 3.05) is 6.54 Å². The first-order valence-corrected chi connectivity index (χ1v) is 6.06. The molecular weight excluding hydrogens is 246 g/mol. The number of aliphatic carboxylic acids is 1. The van der Waals surface area contributed by atoms with Crippen LogP contribution in [-0.2, 0) is 4.79 Å². The molecule has 6 nitrogen and oxygen atoms in total.